The second-order valence-corrected chi connectivity index (χ2v) is 6.88. The summed E-state index contributed by atoms with van der Waals surface area (Å²) in [5, 5.41) is 10.2. The van der Waals surface area contributed by atoms with Crippen LogP contribution >= 0.6 is 0 Å². The zero-order valence-corrected chi connectivity index (χ0v) is 13.9. The van der Waals surface area contributed by atoms with Crippen LogP contribution in [0.4, 0.5) is 11.8 Å². The lowest BCUT2D eigenvalue weighted by molar-refractivity contribution is 0.353. The Balaban J connectivity index is 1.63. The number of anilines is 1. The van der Waals surface area contributed by atoms with Crippen molar-refractivity contribution in [2.75, 3.05) is 18.0 Å². The summed E-state index contributed by atoms with van der Waals surface area (Å²) in [4.78, 5) is 18.3. The van der Waals surface area contributed by atoms with E-state index < -0.39 is 0 Å². The number of rotatable bonds is 2. The van der Waals surface area contributed by atoms with Gasteiger partial charge in [0.25, 0.3) is 0 Å². The molecule has 4 rings (SSSR count). The van der Waals surface area contributed by atoms with Gasteiger partial charge in [0, 0.05) is 36.6 Å². The van der Waals surface area contributed by atoms with E-state index in [0.29, 0.717) is 23.3 Å². The molecule has 0 radical (unpaired) electrons. The third-order valence-corrected chi connectivity index (χ3v) is 4.59. The Hall–Kier alpha value is -2.63. The summed E-state index contributed by atoms with van der Waals surface area (Å²) in [6, 6.07) is 3.86. The molecule has 0 spiro atoms. The Morgan fingerprint density at radius 2 is 2.08 bits per heavy atom. The van der Waals surface area contributed by atoms with E-state index in [2.05, 4.69) is 38.7 Å². The monoisotopic (exact) mass is 323 g/mol. The summed E-state index contributed by atoms with van der Waals surface area (Å²) in [5.74, 6) is 2.72. The average molecular weight is 323 g/mol. The zero-order chi connectivity index (χ0) is 16.7. The fourth-order valence-corrected chi connectivity index (χ4v) is 3.65. The Kier molecular flexibility index (Phi) is 3.59. The van der Waals surface area contributed by atoms with Crippen molar-refractivity contribution >= 4 is 29.6 Å². The molecule has 2 aliphatic heterocycles. The number of fused-ring (bicyclic) bond motifs is 1. The molecule has 2 unspecified atom stereocenters. The highest BCUT2D eigenvalue weighted by Gasteiger charge is 2.25. The van der Waals surface area contributed by atoms with E-state index in [1.807, 2.05) is 18.2 Å². The van der Waals surface area contributed by atoms with Gasteiger partial charge in [0.1, 0.15) is 5.69 Å². The van der Waals surface area contributed by atoms with E-state index in [4.69, 9.17) is 0 Å². The van der Waals surface area contributed by atoms with Crippen molar-refractivity contribution in [1.29, 1.82) is 0 Å². The van der Waals surface area contributed by atoms with Crippen molar-refractivity contribution in [3.8, 4) is 5.88 Å². The lowest BCUT2D eigenvalue weighted by Gasteiger charge is -2.34. The van der Waals surface area contributed by atoms with E-state index >= 15 is 0 Å². The number of allylic oxidation sites excluding steroid dienone is 1. The van der Waals surface area contributed by atoms with Crippen LogP contribution in [0, 0.1) is 11.8 Å². The van der Waals surface area contributed by atoms with Gasteiger partial charge in [-0.3, -0.25) is 0 Å². The van der Waals surface area contributed by atoms with Crippen molar-refractivity contribution < 1.29 is 5.11 Å². The molecule has 6 heteroatoms. The number of aromatic hydroxyl groups is 1. The van der Waals surface area contributed by atoms with Crippen LogP contribution in [0.5, 0.6) is 5.88 Å². The highest BCUT2D eigenvalue weighted by atomic mass is 16.3. The number of aromatic amines is 1. The molecule has 0 bridgehead atoms. The molecular formula is C18H21N5O. The van der Waals surface area contributed by atoms with Crippen LogP contribution in [0.1, 0.15) is 31.5 Å². The molecule has 24 heavy (non-hydrogen) atoms. The topological polar surface area (TPSA) is 77.4 Å². The van der Waals surface area contributed by atoms with Crippen LogP contribution in [0.25, 0.3) is 11.6 Å². The molecule has 0 aliphatic carbocycles. The second-order valence-electron chi connectivity index (χ2n) is 6.88. The van der Waals surface area contributed by atoms with E-state index in [1.54, 1.807) is 12.4 Å². The van der Waals surface area contributed by atoms with E-state index in [0.717, 1.165) is 30.2 Å². The predicted molar refractivity (Wildman–Crippen MR) is 95.7 cm³/mol. The number of aromatic nitrogens is 3. The van der Waals surface area contributed by atoms with Gasteiger partial charge in [0.2, 0.25) is 11.8 Å². The van der Waals surface area contributed by atoms with Gasteiger partial charge in [-0.2, -0.15) is 4.98 Å². The lowest BCUT2D eigenvalue weighted by atomic mass is 9.92. The number of hydrogen-bond donors (Lipinski definition) is 2. The molecular weight excluding hydrogens is 302 g/mol. The molecule has 2 aliphatic rings. The van der Waals surface area contributed by atoms with Gasteiger partial charge in [-0.15, -0.1) is 0 Å². The van der Waals surface area contributed by atoms with Gasteiger partial charge in [-0.1, -0.05) is 13.8 Å². The number of aliphatic imine (C=N–C) groups is 1. The van der Waals surface area contributed by atoms with Crippen molar-refractivity contribution in [3.63, 3.8) is 0 Å². The molecule has 0 saturated carbocycles. The molecule has 1 fully saturated rings. The van der Waals surface area contributed by atoms with Gasteiger partial charge in [0.05, 0.1) is 0 Å². The molecule has 2 N–H and O–H groups in total. The van der Waals surface area contributed by atoms with Gasteiger partial charge >= 0.3 is 0 Å². The third kappa shape index (κ3) is 2.68. The zero-order valence-electron chi connectivity index (χ0n) is 13.9. The Morgan fingerprint density at radius 1 is 1.29 bits per heavy atom. The molecule has 0 aromatic carbocycles. The van der Waals surface area contributed by atoms with Crippen LogP contribution in [-0.2, 0) is 0 Å². The summed E-state index contributed by atoms with van der Waals surface area (Å²) < 4.78 is 0. The van der Waals surface area contributed by atoms with Gasteiger partial charge in [-0.05, 0) is 36.5 Å². The maximum absolute atomic E-state index is 10.2. The number of nitrogens with one attached hydrogen (secondary N) is 1. The van der Waals surface area contributed by atoms with Crippen molar-refractivity contribution in [1.82, 2.24) is 15.0 Å². The normalized spacial score (nSPS) is 24.6. The van der Waals surface area contributed by atoms with Crippen molar-refractivity contribution in [3.05, 3.63) is 29.6 Å². The Morgan fingerprint density at radius 3 is 2.88 bits per heavy atom. The van der Waals surface area contributed by atoms with E-state index in [1.165, 1.54) is 6.42 Å². The standard InChI is InChI=1S/C18H21N5O/c1-11-6-12(2)10-23(9-11)18-21-15(17(24)22-18)7-13-8-20-16-14(13)4-3-5-19-16/h3-5,7-8,11-12,24H,6,9-10H2,1-2H3,(H,21,22)/b13-7+. The van der Waals surface area contributed by atoms with Gasteiger partial charge in [0.15, 0.2) is 5.82 Å². The van der Waals surface area contributed by atoms with Gasteiger partial charge < -0.3 is 15.0 Å². The first kappa shape index (κ1) is 14.9. The van der Waals surface area contributed by atoms with Crippen LogP contribution in [0.3, 0.4) is 0 Å². The maximum Gasteiger partial charge on any atom is 0.238 e. The fraction of sp³-hybridized carbons (Fsp3) is 0.389. The van der Waals surface area contributed by atoms with Crippen LogP contribution in [0.2, 0.25) is 0 Å². The van der Waals surface area contributed by atoms with Crippen molar-refractivity contribution in [2.45, 2.75) is 20.3 Å². The first-order valence-corrected chi connectivity index (χ1v) is 8.35. The average Bonchev–Trinajstić information content (AvgIpc) is 3.12. The fourth-order valence-electron chi connectivity index (χ4n) is 3.65. The largest absolute Gasteiger partial charge is 0.492 e. The Labute approximate surface area is 141 Å². The summed E-state index contributed by atoms with van der Waals surface area (Å²) in [5.41, 5.74) is 2.49. The van der Waals surface area contributed by atoms with E-state index in [9.17, 15) is 5.11 Å². The molecule has 2 atom stereocenters. The predicted octanol–water partition coefficient (Wildman–Crippen LogP) is 3.25. The summed E-state index contributed by atoms with van der Waals surface area (Å²) in [6.45, 7) is 6.43. The highest BCUT2D eigenvalue weighted by Crippen LogP contribution is 2.32. The minimum atomic E-state index is 0.0223. The smallest absolute Gasteiger partial charge is 0.238 e. The number of imidazole rings is 1. The lowest BCUT2D eigenvalue weighted by Crippen LogP contribution is -2.39. The van der Waals surface area contributed by atoms with Crippen LogP contribution in [-0.4, -0.2) is 39.4 Å². The molecule has 124 valence electrons. The van der Waals surface area contributed by atoms with Crippen molar-refractivity contribution in [2.24, 2.45) is 16.8 Å². The molecule has 4 heterocycles. The van der Waals surface area contributed by atoms with Gasteiger partial charge in [-0.25, -0.2) is 9.98 Å². The Bertz CT molecular complexity index is 813. The number of piperidine rings is 1. The molecule has 6 nitrogen and oxygen atoms in total. The first-order chi connectivity index (χ1) is 11.6. The highest BCUT2D eigenvalue weighted by molar-refractivity contribution is 6.20. The minimum Gasteiger partial charge on any atom is -0.492 e. The quantitative estimate of drug-likeness (QED) is 0.889. The maximum atomic E-state index is 10.2. The van der Waals surface area contributed by atoms with Crippen LogP contribution in [0.15, 0.2) is 23.3 Å². The minimum absolute atomic E-state index is 0.0223. The number of H-pyrrole nitrogens is 1. The number of nitrogens with zero attached hydrogens (tertiary/aromatic N) is 4. The van der Waals surface area contributed by atoms with Crippen LogP contribution < -0.4 is 4.90 Å². The first-order valence-electron chi connectivity index (χ1n) is 8.35. The number of hydrogen-bond acceptors (Lipinski definition) is 5. The SMILES string of the molecule is CC1CC(C)CN(c2nc(O)c(/C=C3\C=Nc4ncccc43)[nH]2)C1. The summed E-state index contributed by atoms with van der Waals surface area (Å²) in [6.07, 6.45) is 6.60. The molecule has 1 saturated heterocycles. The number of pyridine rings is 1. The second kappa shape index (κ2) is 5.78. The molecule has 2 aromatic heterocycles. The summed E-state index contributed by atoms with van der Waals surface area (Å²) in [7, 11) is 0. The summed E-state index contributed by atoms with van der Waals surface area (Å²) >= 11 is 0. The third-order valence-electron chi connectivity index (χ3n) is 4.59. The van der Waals surface area contributed by atoms with E-state index in [-0.39, 0.29) is 5.88 Å². The molecule has 0 amide bonds. The molecule has 2 aromatic rings.